The Morgan fingerprint density at radius 3 is 1.62 bits per heavy atom. The molecular formula is C67H45FIrN3O. The van der Waals surface area contributed by atoms with Crippen LogP contribution in [0.15, 0.2) is 229 Å². The van der Waals surface area contributed by atoms with Gasteiger partial charge in [0.2, 0.25) is 0 Å². The third kappa shape index (κ3) is 10.1. The molecule has 4 nitrogen and oxygen atoms in total. The molecular weight excluding hydrogens is 1070 g/mol. The Labute approximate surface area is 438 Å². The summed E-state index contributed by atoms with van der Waals surface area (Å²) in [6.07, 6.45) is 8.98. The van der Waals surface area contributed by atoms with E-state index >= 15 is 4.39 Å². The number of hydrogen-bond donors (Lipinski definition) is 0. The van der Waals surface area contributed by atoms with Gasteiger partial charge in [-0.15, -0.1) is 90.0 Å². The summed E-state index contributed by atoms with van der Waals surface area (Å²) in [5, 5.41) is 2.05. The van der Waals surface area contributed by atoms with Crippen molar-refractivity contribution in [3.8, 4) is 78.3 Å². The first-order valence-corrected chi connectivity index (χ1v) is 24.3. The molecule has 0 saturated heterocycles. The number of benzene rings is 8. The normalized spacial score (nSPS) is 11.2. The van der Waals surface area contributed by atoms with E-state index in [1.807, 2.05) is 110 Å². The summed E-state index contributed by atoms with van der Waals surface area (Å²) in [6.45, 7) is 0. The molecule has 0 saturated carbocycles. The van der Waals surface area contributed by atoms with Crippen LogP contribution in [-0.2, 0) is 45.8 Å². The first-order chi connectivity index (χ1) is 35.6. The number of pyridine rings is 3. The zero-order valence-electron chi connectivity index (χ0n) is 39.7. The van der Waals surface area contributed by atoms with Gasteiger partial charge in [-0.3, -0.25) is 0 Å². The molecule has 0 fully saturated rings. The minimum Gasteiger partial charge on any atom is -0.501 e. The van der Waals surface area contributed by atoms with Crippen LogP contribution in [-0.4, -0.2) is 15.0 Å². The maximum absolute atomic E-state index is 15.9. The molecule has 4 aromatic heterocycles. The van der Waals surface area contributed by atoms with Crippen molar-refractivity contribution >= 4 is 21.9 Å². The molecule has 0 amide bonds. The molecule has 0 N–H and O–H groups in total. The minimum atomic E-state index is -0.311. The van der Waals surface area contributed by atoms with Crippen LogP contribution in [0.4, 0.5) is 4.39 Å². The Hall–Kier alpha value is -8.41. The van der Waals surface area contributed by atoms with Crippen LogP contribution in [0, 0.1) is 24.0 Å². The maximum Gasteiger partial charge on any atom is 3.00 e. The third-order valence-electron chi connectivity index (χ3n) is 13.5. The Kier molecular flexibility index (Phi) is 13.6. The summed E-state index contributed by atoms with van der Waals surface area (Å²) in [5.74, 6) is -0.311. The second-order valence-corrected chi connectivity index (χ2v) is 18.1. The molecule has 8 aromatic carbocycles. The molecule has 0 aliphatic heterocycles. The van der Waals surface area contributed by atoms with Crippen molar-refractivity contribution < 1.29 is 28.9 Å². The Morgan fingerprint density at radius 1 is 0.384 bits per heavy atom. The fourth-order valence-electron chi connectivity index (χ4n) is 9.74. The second-order valence-electron chi connectivity index (χ2n) is 18.1. The van der Waals surface area contributed by atoms with Crippen LogP contribution in [0.3, 0.4) is 0 Å². The first-order valence-electron chi connectivity index (χ1n) is 24.3. The van der Waals surface area contributed by atoms with Gasteiger partial charge in [-0.05, 0) is 122 Å². The second kappa shape index (κ2) is 21.1. The van der Waals surface area contributed by atoms with Gasteiger partial charge in [0.05, 0.1) is 5.58 Å². The van der Waals surface area contributed by atoms with Crippen molar-refractivity contribution in [3.05, 3.63) is 271 Å². The van der Waals surface area contributed by atoms with Gasteiger partial charge in [-0.2, -0.15) is 0 Å². The maximum atomic E-state index is 15.9. The number of hydrogen-bond acceptors (Lipinski definition) is 4. The van der Waals surface area contributed by atoms with Crippen LogP contribution in [0.1, 0.15) is 22.3 Å². The Morgan fingerprint density at radius 2 is 0.973 bits per heavy atom. The molecule has 0 atom stereocenters. The quantitative estimate of drug-likeness (QED) is 0.108. The summed E-state index contributed by atoms with van der Waals surface area (Å²) in [7, 11) is 0. The number of halogens is 1. The number of furan rings is 1. The average Bonchev–Trinajstić information content (AvgIpc) is 3.84. The SMILES string of the molecule is Fc1ccc(-c2cnc(-c3[c-]ccc4c3oc3ccccc34)cc2-c2ccc(-c3ccccc3)cc2)c(-c2cc(CCc3ccc(-c4[c-]cccc4)nc3)cc(CCc3ccc(-c4[c-]cccc4)nc3)c2)c1.[Ir+3]. The van der Waals surface area contributed by atoms with Crippen LogP contribution in [0.2, 0.25) is 0 Å². The molecule has 4 heterocycles. The number of aromatic nitrogens is 3. The largest absolute Gasteiger partial charge is 3.00 e. The standard InChI is InChI=1S/C67H45FN3O.Ir/c68-55-33-34-56(62-44-71-65(59-21-12-20-58-57-19-10-11-22-66(57)72-67(58)59)41-61(62)51-31-29-50(30-32-51)49-13-4-1-5-14-49)60(40-55)54-38-47(25-23-45-27-35-63(69-42-45)52-15-6-2-7-16-52)37-48(39-54)26-24-46-28-36-64(70-43-46)53-17-8-3-9-18-53;/h1-15,17,19-20,22,27-44H,23-26H2;/q-3;+3. The van der Waals surface area contributed by atoms with Crippen LogP contribution in [0.5, 0.6) is 0 Å². The fourth-order valence-corrected chi connectivity index (χ4v) is 9.74. The molecule has 0 unspecified atom stereocenters. The van der Waals surface area contributed by atoms with Crippen LogP contribution in [0.25, 0.3) is 100 Å². The van der Waals surface area contributed by atoms with Gasteiger partial charge in [0, 0.05) is 29.5 Å². The minimum absolute atomic E-state index is 0. The molecule has 6 heteroatoms. The van der Waals surface area contributed by atoms with E-state index in [-0.39, 0.29) is 25.9 Å². The zero-order valence-corrected chi connectivity index (χ0v) is 42.0. The van der Waals surface area contributed by atoms with E-state index in [1.54, 1.807) is 12.1 Å². The molecule has 12 rings (SSSR count). The van der Waals surface area contributed by atoms with Crippen molar-refractivity contribution in [2.45, 2.75) is 25.7 Å². The number of nitrogens with zero attached hydrogens (tertiary/aromatic N) is 3. The molecule has 350 valence electrons. The molecule has 12 aromatic rings. The number of rotatable bonds is 13. The van der Waals surface area contributed by atoms with Crippen molar-refractivity contribution in [2.75, 3.05) is 0 Å². The molecule has 0 aliphatic carbocycles. The number of aryl methyl sites for hydroxylation is 4. The summed E-state index contributed by atoms with van der Waals surface area (Å²) < 4.78 is 22.4. The van der Waals surface area contributed by atoms with Gasteiger partial charge in [0.25, 0.3) is 0 Å². The number of para-hydroxylation sites is 1. The van der Waals surface area contributed by atoms with E-state index < -0.39 is 0 Å². The van der Waals surface area contributed by atoms with Crippen molar-refractivity contribution in [1.82, 2.24) is 15.0 Å². The summed E-state index contributed by atoms with van der Waals surface area (Å²) in [4.78, 5) is 14.8. The van der Waals surface area contributed by atoms with E-state index in [0.717, 1.165) is 148 Å². The van der Waals surface area contributed by atoms with E-state index in [2.05, 4.69) is 121 Å². The fraction of sp³-hybridized carbons (Fsp3) is 0.0597. The molecule has 0 bridgehead atoms. The molecule has 73 heavy (non-hydrogen) atoms. The molecule has 0 spiro atoms. The van der Waals surface area contributed by atoms with E-state index in [0.29, 0.717) is 0 Å². The third-order valence-corrected chi connectivity index (χ3v) is 13.5. The zero-order chi connectivity index (χ0) is 48.2. The van der Waals surface area contributed by atoms with Gasteiger partial charge in [0.15, 0.2) is 0 Å². The average molecular weight is 1120 g/mol. The van der Waals surface area contributed by atoms with E-state index in [4.69, 9.17) is 19.4 Å². The van der Waals surface area contributed by atoms with Crippen LogP contribution >= 0.6 is 0 Å². The van der Waals surface area contributed by atoms with E-state index in [1.165, 1.54) is 0 Å². The Bertz CT molecular complexity index is 3740. The summed E-state index contributed by atoms with van der Waals surface area (Å²) in [5.41, 5.74) is 19.1. The van der Waals surface area contributed by atoms with Gasteiger partial charge < -0.3 is 19.4 Å². The van der Waals surface area contributed by atoms with Crippen LogP contribution < -0.4 is 0 Å². The predicted octanol–water partition coefficient (Wildman–Crippen LogP) is 16.5. The predicted molar refractivity (Wildman–Crippen MR) is 289 cm³/mol. The van der Waals surface area contributed by atoms with Crippen molar-refractivity contribution in [3.63, 3.8) is 0 Å². The van der Waals surface area contributed by atoms with E-state index in [9.17, 15) is 0 Å². The van der Waals surface area contributed by atoms with Gasteiger partial charge in [-0.1, -0.05) is 138 Å². The molecule has 0 radical (unpaired) electrons. The smallest absolute Gasteiger partial charge is 0.501 e. The Balaban J connectivity index is 0.00000574. The number of fused-ring (bicyclic) bond motifs is 3. The summed E-state index contributed by atoms with van der Waals surface area (Å²) in [6, 6.07) is 79.4. The monoisotopic (exact) mass is 1120 g/mol. The molecule has 0 aliphatic rings. The van der Waals surface area contributed by atoms with Gasteiger partial charge in [-0.25, -0.2) is 4.39 Å². The van der Waals surface area contributed by atoms with Crippen molar-refractivity contribution in [2.24, 2.45) is 0 Å². The van der Waals surface area contributed by atoms with Gasteiger partial charge >= 0.3 is 20.1 Å². The first kappa shape index (κ1) is 46.9. The summed E-state index contributed by atoms with van der Waals surface area (Å²) >= 11 is 0. The topological polar surface area (TPSA) is 51.8 Å². The van der Waals surface area contributed by atoms with Crippen molar-refractivity contribution in [1.29, 1.82) is 0 Å². The van der Waals surface area contributed by atoms with Gasteiger partial charge in [0.1, 0.15) is 11.4 Å².